The van der Waals surface area contributed by atoms with Crippen LogP contribution in [0.25, 0.3) is 0 Å². The molecule has 0 radical (unpaired) electrons. The van der Waals surface area contributed by atoms with Gasteiger partial charge in [0, 0.05) is 6.42 Å². The number of aliphatic carboxylic acids is 1. The van der Waals surface area contributed by atoms with Gasteiger partial charge in [0.15, 0.2) is 11.6 Å². The second kappa shape index (κ2) is 5.85. The standard InChI is InChI=1S/C9H7F4NO2S/c10-5-7(17-3-1-2-4(15)16)6(11)9(13)14-8(5)12/h1-3H2,(H,15,16). The summed E-state index contributed by atoms with van der Waals surface area (Å²) in [7, 11) is 0. The molecule has 0 saturated heterocycles. The number of thioether (sulfide) groups is 1. The van der Waals surface area contributed by atoms with Gasteiger partial charge in [-0.1, -0.05) is 0 Å². The minimum atomic E-state index is -1.72. The molecule has 0 aliphatic heterocycles. The Morgan fingerprint density at radius 2 is 1.71 bits per heavy atom. The highest BCUT2D eigenvalue weighted by Gasteiger charge is 2.20. The van der Waals surface area contributed by atoms with Crippen molar-refractivity contribution in [3.05, 3.63) is 23.5 Å². The zero-order valence-corrected chi connectivity index (χ0v) is 9.16. The third-order valence-corrected chi connectivity index (χ3v) is 2.88. The summed E-state index contributed by atoms with van der Waals surface area (Å²) in [6.07, 6.45) is -0.0588. The van der Waals surface area contributed by atoms with Crippen LogP contribution in [0.2, 0.25) is 0 Å². The van der Waals surface area contributed by atoms with Crippen LogP contribution < -0.4 is 0 Å². The number of carboxylic acids is 1. The molecule has 0 unspecified atom stereocenters. The monoisotopic (exact) mass is 269 g/mol. The summed E-state index contributed by atoms with van der Waals surface area (Å²) in [5, 5.41) is 8.32. The van der Waals surface area contributed by atoms with E-state index in [0.717, 1.165) is 0 Å². The lowest BCUT2D eigenvalue weighted by Crippen LogP contribution is -2.03. The number of aromatic nitrogens is 1. The second-order valence-corrected chi connectivity index (χ2v) is 4.10. The number of hydrogen-bond donors (Lipinski definition) is 1. The first kappa shape index (κ1) is 13.8. The molecule has 0 bridgehead atoms. The Balaban J connectivity index is 2.73. The van der Waals surface area contributed by atoms with Crippen molar-refractivity contribution in [2.24, 2.45) is 0 Å². The lowest BCUT2D eigenvalue weighted by atomic mass is 10.3. The molecular formula is C9H7F4NO2S. The van der Waals surface area contributed by atoms with Crippen LogP contribution in [0.5, 0.6) is 0 Å². The molecule has 1 heterocycles. The van der Waals surface area contributed by atoms with E-state index in [1.54, 1.807) is 0 Å². The third-order valence-electron chi connectivity index (χ3n) is 1.74. The van der Waals surface area contributed by atoms with Gasteiger partial charge >= 0.3 is 5.97 Å². The maximum atomic E-state index is 13.0. The smallest absolute Gasteiger partial charge is 0.303 e. The summed E-state index contributed by atoms with van der Waals surface area (Å²) in [4.78, 5) is 11.7. The maximum Gasteiger partial charge on any atom is 0.303 e. The Bertz CT molecular complexity index is 415. The van der Waals surface area contributed by atoms with Crippen LogP contribution >= 0.6 is 11.8 Å². The summed E-state index contributed by atoms with van der Waals surface area (Å²) in [6, 6.07) is 0. The molecule has 0 amide bonds. The number of pyridine rings is 1. The largest absolute Gasteiger partial charge is 0.481 e. The molecule has 0 fully saturated rings. The van der Waals surface area contributed by atoms with Gasteiger partial charge in [-0.2, -0.15) is 13.8 Å². The van der Waals surface area contributed by atoms with Gasteiger partial charge in [-0.05, 0) is 12.2 Å². The fraction of sp³-hybridized carbons (Fsp3) is 0.333. The zero-order valence-electron chi connectivity index (χ0n) is 8.34. The first-order valence-electron chi connectivity index (χ1n) is 4.48. The van der Waals surface area contributed by atoms with E-state index < -0.39 is 34.4 Å². The van der Waals surface area contributed by atoms with E-state index >= 15 is 0 Å². The number of carbonyl (C=O) groups is 1. The third kappa shape index (κ3) is 3.58. The molecule has 1 aromatic rings. The van der Waals surface area contributed by atoms with Crippen molar-refractivity contribution < 1.29 is 27.5 Å². The van der Waals surface area contributed by atoms with Gasteiger partial charge in [-0.15, -0.1) is 11.8 Å². The predicted molar refractivity (Wildman–Crippen MR) is 51.7 cm³/mol. The summed E-state index contributed by atoms with van der Waals surface area (Å²) in [6.45, 7) is 0. The molecule has 0 aliphatic carbocycles. The summed E-state index contributed by atoms with van der Waals surface area (Å²) in [5.41, 5.74) is 0. The molecular weight excluding hydrogens is 262 g/mol. The van der Waals surface area contributed by atoms with Crippen molar-refractivity contribution in [2.45, 2.75) is 17.7 Å². The average molecular weight is 269 g/mol. The van der Waals surface area contributed by atoms with Crippen LogP contribution in [0.15, 0.2) is 4.90 Å². The number of hydrogen-bond acceptors (Lipinski definition) is 3. The highest BCUT2D eigenvalue weighted by molar-refractivity contribution is 7.99. The number of halogens is 4. The lowest BCUT2D eigenvalue weighted by molar-refractivity contribution is -0.137. The van der Waals surface area contributed by atoms with Gasteiger partial charge in [0.05, 0.1) is 4.90 Å². The van der Waals surface area contributed by atoms with Crippen molar-refractivity contribution in [2.75, 3.05) is 5.75 Å². The van der Waals surface area contributed by atoms with E-state index in [1.165, 1.54) is 0 Å². The van der Waals surface area contributed by atoms with Gasteiger partial charge < -0.3 is 5.11 Å². The molecule has 94 valence electrons. The quantitative estimate of drug-likeness (QED) is 0.386. The Morgan fingerprint density at radius 1 is 1.18 bits per heavy atom. The SMILES string of the molecule is O=C(O)CCCSc1c(F)c(F)nc(F)c1F. The fourth-order valence-corrected chi connectivity index (χ4v) is 1.91. The molecule has 3 nitrogen and oxygen atoms in total. The van der Waals surface area contributed by atoms with E-state index in [-0.39, 0.29) is 18.6 Å². The zero-order chi connectivity index (χ0) is 13.0. The topological polar surface area (TPSA) is 50.2 Å². The van der Waals surface area contributed by atoms with E-state index in [1.807, 2.05) is 0 Å². The summed E-state index contributed by atoms with van der Waals surface area (Å²) >= 11 is 0.511. The normalized spacial score (nSPS) is 10.6. The van der Waals surface area contributed by atoms with Gasteiger partial charge in [0.25, 0.3) is 11.9 Å². The molecule has 17 heavy (non-hydrogen) atoms. The Morgan fingerprint density at radius 3 is 2.18 bits per heavy atom. The molecule has 8 heteroatoms. The molecule has 1 aromatic heterocycles. The first-order chi connectivity index (χ1) is 7.93. The van der Waals surface area contributed by atoms with Crippen molar-refractivity contribution >= 4 is 17.7 Å². The van der Waals surface area contributed by atoms with Gasteiger partial charge in [-0.25, -0.2) is 8.78 Å². The van der Waals surface area contributed by atoms with Crippen LogP contribution in [0.1, 0.15) is 12.8 Å². The Kier molecular flexibility index (Phi) is 4.73. The molecule has 0 spiro atoms. The van der Waals surface area contributed by atoms with E-state index in [9.17, 15) is 22.4 Å². The second-order valence-electron chi connectivity index (χ2n) is 3.00. The minimum absolute atomic E-state index is 0.0308. The van der Waals surface area contributed by atoms with Gasteiger partial charge in [0.2, 0.25) is 0 Å². The molecule has 0 aromatic carbocycles. The molecule has 1 N–H and O–H groups in total. The van der Waals surface area contributed by atoms with Crippen LogP contribution in [-0.4, -0.2) is 21.8 Å². The molecule has 0 atom stereocenters. The fourth-order valence-electron chi connectivity index (χ4n) is 0.992. The van der Waals surface area contributed by atoms with Gasteiger partial charge in [-0.3, -0.25) is 4.79 Å². The van der Waals surface area contributed by atoms with E-state index in [4.69, 9.17) is 5.11 Å². The average Bonchev–Trinajstić information content (AvgIpc) is 2.25. The predicted octanol–water partition coefficient (Wildman–Crippen LogP) is 2.59. The highest BCUT2D eigenvalue weighted by Crippen LogP contribution is 2.27. The summed E-state index contributed by atoms with van der Waals surface area (Å²) in [5.74, 6) is -7.59. The highest BCUT2D eigenvalue weighted by atomic mass is 32.2. The first-order valence-corrected chi connectivity index (χ1v) is 5.46. The van der Waals surface area contributed by atoms with E-state index in [2.05, 4.69) is 4.98 Å². The Labute approximate surface area is 97.9 Å². The number of rotatable bonds is 5. The number of carboxylic acid groups (broad SMARTS) is 1. The van der Waals surface area contributed by atoms with Crippen LogP contribution in [0.4, 0.5) is 17.6 Å². The maximum absolute atomic E-state index is 13.0. The van der Waals surface area contributed by atoms with E-state index in [0.29, 0.717) is 11.8 Å². The van der Waals surface area contributed by atoms with Crippen molar-refractivity contribution in [3.8, 4) is 0 Å². The molecule has 1 rings (SSSR count). The van der Waals surface area contributed by atoms with Crippen LogP contribution in [0, 0.1) is 23.5 Å². The summed E-state index contributed by atoms with van der Waals surface area (Å²) < 4.78 is 51.4. The van der Waals surface area contributed by atoms with Crippen LogP contribution in [0.3, 0.4) is 0 Å². The minimum Gasteiger partial charge on any atom is -0.481 e. The van der Waals surface area contributed by atoms with Crippen LogP contribution in [-0.2, 0) is 4.79 Å². The molecule has 0 aliphatic rings. The van der Waals surface area contributed by atoms with Crippen molar-refractivity contribution in [3.63, 3.8) is 0 Å². The van der Waals surface area contributed by atoms with Crippen molar-refractivity contribution in [1.29, 1.82) is 0 Å². The number of nitrogens with zero attached hydrogens (tertiary/aromatic N) is 1. The Hall–Kier alpha value is -1.31. The van der Waals surface area contributed by atoms with Crippen molar-refractivity contribution in [1.82, 2.24) is 4.98 Å². The molecule has 0 saturated carbocycles. The van der Waals surface area contributed by atoms with Gasteiger partial charge in [0.1, 0.15) is 0 Å². The lowest BCUT2D eigenvalue weighted by Gasteiger charge is -2.04.